The van der Waals surface area contributed by atoms with Crippen LogP contribution in [0.3, 0.4) is 0 Å². The van der Waals surface area contributed by atoms with Crippen molar-refractivity contribution in [1.29, 1.82) is 0 Å². The smallest absolute Gasteiger partial charge is 0.231 e. The molecule has 1 aromatic carbocycles. The number of carbonyl (C=O) groups excluding carboxylic acids is 3. The third-order valence-electron chi connectivity index (χ3n) is 3.60. The number of hydrogen-bond donors (Lipinski definition) is 0. The molecule has 0 aliphatic carbocycles. The predicted octanol–water partition coefficient (Wildman–Crippen LogP) is 2.39. The number of para-hydroxylation sites is 1. The van der Waals surface area contributed by atoms with E-state index in [1.54, 1.807) is 13.0 Å². The van der Waals surface area contributed by atoms with Crippen LogP contribution in [0, 0.1) is 0 Å². The normalized spacial score (nSPS) is 13.8. The number of carbonyl (C=O) groups is 3. The first-order valence-electron chi connectivity index (χ1n) is 6.37. The monoisotopic (exact) mass is 255 g/mol. The Morgan fingerprint density at radius 1 is 1.26 bits per heavy atom. The molecule has 0 fully saturated rings. The van der Waals surface area contributed by atoms with Crippen molar-refractivity contribution in [1.82, 2.24) is 4.57 Å². The highest BCUT2D eigenvalue weighted by atomic mass is 16.2. The Kier molecular flexibility index (Phi) is 2.59. The lowest BCUT2D eigenvalue weighted by molar-refractivity contribution is -0.114. The summed E-state index contributed by atoms with van der Waals surface area (Å²) in [6, 6.07) is 7.36. The van der Waals surface area contributed by atoms with Crippen molar-refractivity contribution in [3.63, 3.8) is 0 Å². The molecule has 0 atom stereocenters. The minimum Gasteiger partial charge on any atom is -0.337 e. The van der Waals surface area contributed by atoms with Crippen molar-refractivity contribution in [2.45, 2.75) is 26.3 Å². The summed E-state index contributed by atoms with van der Waals surface area (Å²) < 4.78 is 1.86. The predicted molar refractivity (Wildman–Crippen MR) is 70.5 cm³/mol. The van der Waals surface area contributed by atoms with Crippen LogP contribution in [0.25, 0.3) is 10.9 Å². The van der Waals surface area contributed by atoms with Crippen molar-refractivity contribution >= 4 is 28.3 Å². The lowest BCUT2D eigenvalue weighted by atomic mass is 10.0. The highest BCUT2D eigenvalue weighted by molar-refractivity contribution is 6.47. The van der Waals surface area contributed by atoms with Crippen LogP contribution in [-0.2, 0) is 11.3 Å². The minimum atomic E-state index is -0.539. The van der Waals surface area contributed by atoms with Crippen LogP contribution in [0.5, 0.6) is 0 Å². The Morgan fingerprint density at radius 3 is 2.74 bits per heavy atom. The van der Waals surface area contributed by atoms with Gasteiger partial charge in [0.05, 0.1) is 11.3 Å². The summed E-state index contributed by atoms with van der Waals surface area (Å²) in [5, 5.41) is 0.706. The molecule has 0 amide bonds. The summed E-state index contributed by atoms with van der Waals surface area (Å²) >= 11 is 0. The van der Waals surface area contributed by atoms with E-state index in [2.05, 4.69) is 0 Å². The van der Waals surface area contributed by atoms with Gasteiger partial charge >= 0.3 is 0 Å². The van der Waals surface area contributed by atoms with Crippen LogP contribution in [0.2, 0.25) is 0 Å². The maximum atomic E-state index is 12.2. The molecule has 4 heteroatoms. The molecular formula is C15H13NO3. The minimum absolute atomic E-state index is 0.0524. The van der Waals surface area contributed by atoms with Gasteiger partial charge in [-0.3, -0.25) is 14.4 Å². The van der Waals surface area contributed by atoms with Crippen LogP contribution < -0.4 is 0 Å². The first kappa shape index (κ1) is 11.8. The molecule has 2 aromatic rings. The molecule has 1 aliphatic heterocycles. The van der Waals surface area contributed by atoms with Crippen LogP contribution in [0.15, 0.2) is 24.3 Å². The van der Waals surface area contributed by atoms with Gasteiger partial charge in [0.25, 0.3) is 0 Å². The molecule has 0 spiro atoms. The van der Waals surface area contributed by atoms with Gasteiger partial charge in [0, 0.05) is 30.3 Å². The highest BCUT2D eigenvalue weighted by Gasteiger charge is 2.32. The van der Waals surface area contributed by atoms with E-state index >= 15 is 0 Å². The molecular weight excluding hydrogens is 242 g/mol. The molecule has 0 unspecified atom stereocenters. The fourth-order valence-electron chi connectivity index (χ4n) is 2.69. The van der Waals surface area contributed by atoms with Gasteiger partial charge in [0.2, 0.25) is 11.6 Å². The molecule has 0 N–H and O–H groups in total. The van der Waals surface area contributed by atoms with Crippen LogP contribution in [0.1, 0.15) is 40.6 Å². The van der Waals surface area contributed by atoms with Gasteiger partial charge < -0.3 is 4.57 Å². The lowest BCUT2D eigenvalue weighted by Gasteiger charge is -1.99. The van der Waals surface area contributed by atoms with Gasteiger partial charge in [-0.15, -0.1) is 0 Å². The van der Waals surface area contributed by atoms with E-state index in [1.807, 2.05) is 22.8 Å². The number of ketones is 3. The van der Waals surface area contributed by atoms with E-state index in [-0.39, 0.29) is 12.2 Å². The molecule has 1 aliphatic rings. The third-order valence-corrected chi connectivity index (χ3v) is 3.60. The van der Waals surface area contributed by atoms with Crippen LogP contribution in [-0.4, -0.2) is 21.9 Å². The summed E-state index contributed by atoms with van der Waals surface area (Å²) in [6.07, 6.45) is 0.562. The van der Waals surface area contributed by atoms with Gasteiger partial charge in [-0.25, -0.2) is 0 Å². The highest BCUT2D eigenvalue weighted by Crippen LogP contribution is 2.31. The van der Waals surface area contributed by atoms with Crippen LogP contribution >= 0.6 is 0 Å². The first-order valence-corrected chi connectivity index (χ1v) is 6.37. The number of benzene rings is 1. The fraction of sp³-hybridized carbons (Fsp3) is 0.267. The Hall–Kier alpha value is -2.23. The topological polar surface area (TPSA) is 56.1 Å². The zero-order chi connectivity index (χ0) is 13.6. The van der Waals surface area contributed by atoms with Gasteiger partial charge in [0.15, 0.2) is 5.78 Å². The van der Waals surface area contributed by atoms with Crippen molar-refractivity contribution in [3.05, 3.63) is 35.5 Å². The van der Waals surface area contributed by atoms with E-state index in [9.17, 15) is 14.4 Å². The molecule has 0 bridgehead atoms. The Balaban J connectivity index is 2.35. The van der Waals surface area contributed by atoms with Crippen molar-refractivity contribution in [2.75, 3.05) is 0 Å². The van der Waals surface area contributed by atoms with Crippen molar-refractivity contribution in [3.8, 4) is 0 Å². The largest absolute Gasteiger partial charge is 0.337 e. The molecule has 0 radical (unpaired) electrons. The summed E-state index contributed by atoms with van der Waals surface area (Å²) in [4.78, 5) is 35.9. The Labute approximate surface area is 110 Å². The maximum absolute atomic E-state index is 12.2. The third kappa shape index (κ3) is 1.56. The van der Waals surface area contributed by atoms with E-state index in [1.165, 1.54) is 0 Å². The van der Waals surface area contributed by atoms with E-state index in [0.29, 0.717) is 29.6 Å². The molecule has 19 heavy (non-hydrogen) atoms. The molecule has 0 saturated heterocycles. The second-order valence-corrected chi connectivity index (χ2v) is 4.67. The van der Waals surface area contributed by atoms with Gasteiger partial charge in [-0.05, 0) is 6.07 Å². The van der Waals surface area contributed by atoms with E-state index in [4.69, 9.17) is 0 Å². The SMILES string of the molecule is CCC(=O)C(=O)c1c2n(c3ccccc13)CCC2=O. The second-order valence-electron chi connectivity index (χ2n) is 4.67. The Morgan fingerprint density at radius 2 is 2.00 bits per heavy atom. The number of Topliss-reactive ketones (excluding diaryl/α,β-unsaturated/α-hetero) is 3. The second kappa shape index (κ2) is 4.16. The van der Waals surface area contributed by atoms with Gasteiger partial charge in [0.1, 0.15) is 0 Å². The number of rotatable bonds is 3. The number of hydrogen-bond acceptors (Lipinski definition) is 3. The maximum Gasteiger partial charge on any atom is 0.231 e. The zero-order valence-corrected chi connectivity index (χ0v) is 10.6. The lowest BCUT2D eigenvalue weighted by Crippen LogP contribution is -2.15. The molecule has 96 valence electrons. The number of fused-ring (bicyclic) bond motifs is 3. The Bertz CT molecular complexity index is 724. The molecule has 2 heterocycles. The average Bonchev–Trinajstić information content (AvgIpc) is 2.96. The number of aromatic nitrogens is 1. The summed E-state index contributed by atoms with van der Waals surface area (Å²) in [5.74, 6) is -1.04. The fourth-order valence-corrected chi connectivity index (χ4v) is 2.69. The van der Waals surface area contributed by atoms with Crippen molar-refractivity contribution < 1.29 is 14.4 Å². The van der Waals surface area contributed by atoms with E-state index < -0.39 is 11.6 Å². The molecule has 1 aromatic heterocycles. The molecule has 3 rings (SSSR count). The molecule has 0 saturated carbocycles. The average molecular weight is 255 g/mol. The first-order chi connectivity index (χ1) is 9.15. The molecule has 4 nitrogen and oxygen atoms in total. The zero-order valence-electron chi connectivity index (χ0n) is 10.6. The standard InChI is InChI=1S/C15H13NO3/c1-2-11(17)15(19)13-9-5-3-4-6-10(9)16-8-7-12(18)14(13)16/h3-6H,2,7-8H2,1H3. The van der Waals surface area contributed by atoms with Crippen molar-refractivity contribution in [2.24, 2.45) is 0 Å². The quantitative estimate of drug-likeness (QED) is 0.625. The van der Waals surface area contributed by atoms with Gasteiger partial charge in [-0.2, -0.15) is 0 Å². The van der Waals surface area contributed by atoms with Crippen LogP contribution in [0.4, 0.5) is 0 Å². The number of nitrogens with zero attached hydrogens (tertiary/aromatic N) is 1. The number of aryl methyl sites for hydroxylation is 1. The summed E-state index contributed by atoms with van der Waals surface area (Å²) in [7, 11) is 0. The summed E-state index contributed by atoms with van der Waals surface area (Å²) in [6.45, 7) is 2.24. The van der Waals surface area contributed by atoms with Gasteiger partial charge in [-0.1, -0.05) is 25.1 Å². The summed E-state index contributed by atoms with van der Waals surface area (Å²) in [5.41, 5.74) is 1.56. The van der Waals surface area contributed by atoms with E-state index in [0.717, 1.165) is 5.52 Å².